The molecule has 0 amide bonds. The zero-order valence-corrected chi connectivity index (χ0v) is 21.0. The minimum absolute atomic E-state index is 0.306. The molecule has 2 fully saturated rings. The second-order valence-corrected chi connectivity index (χ2v) is 10.1. The van der Waals surface area contributed by atoms with Gasteiger partial charge in [-0.15, -0.1) is 0 Å². The quantitative estimate of drug-likeness (QED) is 0.423. The van der Waals surface area contributed by atoms with E-state index in [1.54, 1.807) is 13.2 Å². The van der Waals surface area contributed by atoms with Crippen LogP contribution in [-0.2, 0) is 19.4 Å². The van der Waals surface area contributed by atoms with Gasteiger partial charge >= 0.3 is 0 Å². The summed E-state index contributed by atoms with van der Waals surface area (Å²) >= 11 is 0. The average Bonchev–Trinajstić information content (AvgIpc) is 3.60. The van der Waals surface area contributed by atoms with Gasteiger partial charge in [0.25, 0.3) is 0 Å². The molecule has 3 aromatic rings. The van der Waals surface area contributed by atoms with Crippen LogP contribution < -0.4 is 4.74 Å². The number of likely N-dealkylation sites (tertiary alicyclic amines) is 2. The van der Waals surface area contributed by atoms with Gasteiger partial charge in [0.1, 0.15) is 11.5 Å². The van der Waals surface area contributed by atoms with Crippen molar-refractivity contribution in [3.05, 3.63) is 82.9 Å². The maximum Gasteiger partial charge on any atom is 0.123 e. The maximum atomic E-state index is 10.2. The summed E-state index contributed by atoms with van der Waals surface area (Å²) < 4.78 is 5.77. The molecule has 0 saturated carbocycles. The summed E-state index contributed by atoms with van der Waals surface area (Å²) in [7, 11) is 1.77. The van der Waals surface area contributed by atoms with Crippen molar-refractivity contribution < 1.29 is 9.84 Å². The summed E-state index contributed by atoms with van der Waals surface area (Å²) in [6, 6.07) is 21.3. The Hall–Kier alpha value is -2.82. The minimum atomic E-state index is 0.306. The van der Waals surface area contributed by atoms with Crippen LogP contribution in [-0.4, -0.2) is 54.7 Å². The van der Waals surface area contributed by atoms with E-state index in [4.69, 9.17) is 4.74 Å². The average molecular weight is 471 g/mol. The molecule has 1 N–H and O–H groups in total. The van der Waals surface area contributed by atoms with Crippen LogP contribution in [0.5, 0.6) is 11.5 Å². The number of phenolic OH excluding ortho intramolecular Hbond substituents is 1. The van der Waals surface area contributed by atoms with E-state index in [9.17, 15) is 5.11 Å². The summed E-state index contributed by atoms with van der Waals surface area (Å²) in [6.45, 7) is 6.95. The van der Waals surface area contributed by atoms with Gasteiger partial charge in [0.05, 0.1) is 7.11 Å². The first-order valence-electron chi connectivity index (χ1n) is 13.2. The molecule has 2 heterocycles. The molecule has 4 heteroatoms. The molecule has 0 bridgehead atoms. The summed E-state index contributed by atoms with van der Waals surface area (Å²) in [4.78, 5) is 5.07. The molecule has 2 saturated heterocycles. The minimum Gasteiger partial charge on any atom is -0.508 e. The van der Waals surface area contributed by atoms with Gasteiger partial charge in [0.15, 0.2) is 0 Å². The fourth-order valence-corrected chi connectivity index (χ4v) is 5.56. The predicted octanol–water partition coefficient (Wildman–Crippen LogP) is 5.89. The Morgan fingerprint density at radius 2 is 1.40 bits per heavy atom. The molecule has 0 aliphatic carbocycles. The molecule has 2 aliphatic heterocycles. The summed E-state index contributed by atoms with van der Waals surface area (Å²) in [5.74, 6) is 1.28. The van der Waals surface area contributed by atoms with E-state index in [2.05, 4.69) is 58.3 Å². The zero-order chi connectivity index (χ0) is 24.0. The molecule has 0 aromatic heterocycles. The lowest BCUT2D eigenvalue weighted by Gasteiger charge is -2.18. The van der Waals surface area contributed by atoms with E-state index in [0.717, 1.165) is 42.8 Å². The molecule has 0 radical (unpaired) electrons. The lowest BCUT2D eigenvalue weighted by Crippen LogP contribution is -2.21. The number of ether oxygens (including phenoxy) is 1. The number of aromatic hydroxyl groups is 1. The molecule has 0 spiro atoms. The van der Waals surface area contributed by atoms with Crippen LogP contribution in [0.3, 0.4) is 0 Å². The van der Waals surface area contributed by atoms with Crippen LogP contribution in [0.4, 0.5) is 0 Å². The molecule has 2 aliphatic rings. The van der Waals surface area contributed by atoms with Crippen LogP contribution in [0.1, 0.15) is 47.9 Å². The second-order valence-electron chi connectivity index (χ2n) is 10.1. The van der Waals surface area contributed by atoms with Crippen molar-refractivity contribution >= 4 is 0 Å². The van der Waals surface area contributed by atoms with Gasteiger partial charge in [-0.05, 0) is 111 Å². The number of hydrogen-bond acceptors (Lipinski definition) is 4. The third kappa shape index (κ3) is 6.06. The summed E-state index contributed by atoms with van der Waals surface area (Å²) in [5.41, 5.74) is 7.31. The SMILES string of the molecule is COc1cc(Cc2ccc(O)cc2-c2ccc(CCN3CCCC3)cc2)ccc1CN1CCCC1. The van der Waals surface area contributed by atoms with Crippen molar-refractivity contribution in [3.8, 4) is 22.6 Å². The first-order valence-corrected chi connectivity index (χ1v) is 13.2. The van der Waals surface area contributed by atoms with Gasteiger partial charge in [-0.2, -0.15) is 0 Å². The molecular formula is C31H38N2O2. The fourth-order valence-electron chi connectivity index (χ4n) is 5.56. The highest BCUT2D eigenvalue weighted by atomic mass is 16.5. The number of rotatable bonds is 9. The van der Waals surface area contributed by atoms with Crippen molar-refractivity contribution in [1.29, 1.82) is 0 Å². The molecule has 0 atom stereocenters. The third-order valence-corrected chi connectivity index (χ3v) is 7.61. The van der Waals surface area contributed by atoms with E-state index in [0.29, 0.717) is 5.75 Å². The van der Waals surface area contributed by atoms with Gasteiger partial charge in [0, 0.05) is 18.7 Å². The van der Waals surface area contributed by atoms with E-state index in [1.807, 2.05) is 6.07 Å². The Labute approximate surface area is 210 Å². The Morgan fingerprint density at radius 3 is 2.11 bits per heavy atom. The number of methoxy groups -OCH3 is 1. The molecule has 184 valence electrons. The second kappa shape index (κ2) is 11.3. The van der Waals surface area contributed by atoms with Crippen LogP contribution in [0.2, 0.25) is 0 Å². The molecule has 0 unspecified atom stereocenters. The van der Waals surface area contributed by atoms with E-state index in [1.165, 1.54) is 74.1 Å². The third-order valence-electron chi connectivity index (χ3n) is 7.61. The van der Waals surface area contributed by atoms with Gasteiger partial charge in [0.2, 0.25) is 0 Å². The van der Waals surface area contributed by atoms with Crippen molar-refractivity contribution in [3.63, 3.8) is 0 Å². The van der Waals surface area contributed by atoms with Crippen LogP contribution >= 0.6 is 0 Å². The van der Waals surface area contributed by atoms with Crippen LogP contribution in [0.15, 0.2) is 60.7 Å². The number of nitrogens with zero attached hydrogens (tertiary/aromatic N) is 2. The molecule has 3 aromatic carbocycles. The Morgan fingerprint density at radius 1 is 0.743 bits per heavy atom. The van der Waals surface area contributed by atoms with E-state index >= 15 is 0 Å². The lowest BCUT2D eigenvalue weighted by atomic mass is 9.93. The fraction of sp³-hybridized carbons (Fsp3) is 0.419. The number of phenols is 1. The molecular weight excluding hydrogens is 432 g/mol. The Bertz CT molecular complexity index is 1110. The monoisotopic (exact) mass is 470 g/mol. The number of hydrogen-bond donors (Lipinski definition) is 1. The topological polar surface area (TPSA) is 35.9 Å². The first-order chi connectivity index (χ1) is 17.2. The van der Waals surface area contributed by atoms with Crippen LogP contribution in [0.25, 0.3) is 11.1 Å². The Kier molecular flexibility index (Phi) is 7.70. The smallest absolute Gasteiger partial charge is 0.123 e. The zero-order valence-electron chi connectivity index (χ0n) is 21.0. The highest BCUT2D eigenvalue weighted by molar-refractivity contribution is 5.70. The van der Waals surface area contributed by atoms with Gasteiger partial charge in [-0.3, -0.25) is 4.90 Å². The highest BCUT2D eigenvalue weighted by Gasteiger charge is 2.16. The van der Waals surface area contributed by atoms with Crippen molar-refractivity contribution in [2.24, 2.45) is 0 Å². The number of benzene rings is 3. The molecule has 5 rings (SSSR count). The predicted molar refractivity (Wildman–Crippen MR) is 143 cm³/mol. The Balaban J connectivity index is 1.32. The standard InChI is InChI=1S/C31H38N2O2/c1-35-31-21-25(8-11-28(31)23-33-17-4-5-18-33)20-27-12-13-29(34)22-30(27)26-9-6-24(7-10-26)14-19-32-15-2-3-16-32/h6-13,21-22,34H,2-5,14-20,23H2,1H3. The van der Waals surface area contributed by atoms with Crippen molar-refractivity contribution in [2.45, 2.75) is 45.1 Å². The van der Waals surface area contributed by atoms with Crippen molar-refractivity contribution in [1.82, 2.24) is 9.80 Å². The van der Waals surface area contributed by atoms with E-state index < -0.39 is 0 Å². The molecule has 35 heavy (non-hydrogen) atoms. The normalized spacial score (nSPS) is 16.7. The van der Waals surface area contributed by atoms with E-state index in [-0.39, 0.29) is 0 Å². The maximum absolute atomic E-state index is 10.2. The lowest BCUT2D eigenvalue weighted by molar-refractivity contribution is 0.321. The van der Waals surface area contributed by atoms with Crippen molar-refractivity contribution in [2.75, 3.05) is 39.8 Å². The van der Waals surface area contributed by atoms with Gasteiger partial charge in [-0.25, -0.2) is 0 Å². The molecule has 4 nitrogen and oxygen atoms in total. The first kappa shape index (κ1) is 23.9. The largest absolute Gasteiger partial charge is 0.508 e. The highest BCUT2D eigenvalue weighted by Crippen LogP contribution is 2.31. The summed E-state index contributed by atoms with van der Waals surface area (Å²) in [6.07, 6.45) is 7.16. The summed E-state index contributed by atoms with van der Waals surface area (Å²) in [5, 5.41) is 10.2. The van der Waals surface area contributed by atoms with Crippen LogP contribution in [0, 0.1) is 0 Å². The van der Waals surface area contributed by atoms with Gasteiger partial charge < -0.3 is 14.7 Å². The van der Waals surface area contributed by atoms with Gasteiger partial charge in [-0.1, -0.05) is 42.5 Å².